The van der Waals surface area contributed by atoms with Crippen LogP contribution in [0.15, 0.2) is 224 Å². The standard InChI is InChI=1S/C57H37N5/c1-4-16-38(17-5-1)49-37-50(59-57(58-49)43-32-34-45(35-33-43)61-51-26-14-12-24-47(51)48-25-13-15-27-52(48)61)39-28-30-40(31-29-39)53-36-44-22-10-11-23-46(44)56-54(41-18-6-2-7-19-41)55(60-62(53)56)42-20-8-3-9-21-42/h1-37H. The maximum atomic E-state index is 5.40. The molecule has 0 aliphatic heterocycles. The van der Waals surface area contributed by atoms with Gasteiger partial charge in [-0.15, -0.1) is 0 Å². The van der Waals surface area contributed by atoms with Crippen LogP contribution in [0.3, 0.4) is 0 Å². The minimum absolute atomic E-state index is 0.675. The molecule has 0 radical (unpaired) electrons. The second-order valence-electron chi connectivity index (χ2n) is 15.7. The summed E-state index contributed by atoms with van der Waals surface area (Å²) < 4.78 is 4.47. The molecular formula is C57H37N5. The first kappa shape index (κ1) is 35.5. The van der Waals surface area contributed by atoms with Gasteiger partial charge in [-0.1, -0.05) is 176 Å². The van der Waals surface area contributed by atoms with Crippen molar-refractivity contribution >= 4 is 38.1 Å². The summed E-state index contributed by atoms with van der Waals surface area (Å²) in [6, 6.07) is 79.0. The Balaban J connectivity index is 0.977. The van der Waals surface area contributed by atoms with Crippen molar-refractivity contribution in [3.05, 3.63) is 224 Å². The van der Waals surface area contributed by atoms with Crippen molar-refractivity contribution in [1.82, 2.24) is 24.1 Å². The van der Waals surface area contributed by atoms with E-state index in [0.29, 0.717) is 5.82 Å². The Morgan fingerprint density at radius 1 is 0.355 bits per heavy atom. The quantitative estimate of drug-likeness (QED) is 0.162. The third-order valence-corrected chi connectivity index (χ3v) is 12.0. The molecule has 62 heavy (non-hydrogen) atoms. The topological polar surface area (TPSA) is 48.0 Å². The van der Waals surface area contributed by atoms with Crippen molar-refractivity contribution < 1.29 is 0 Å². The molecule has 0 amide bonds. The zero-order chi connectivity index (χ0) is 41.0. The minimum Gasteiger partial charge on any atom is -0.309 e. The van der Waals surface area contributed by atoms with E-state index in [4.69, 9.17) is 15.1 Å². The minimum atomic E-state index is 0.675. The first-order valence-electron chi connectivity index (χ1n) is 20.9. The molecule has 0 aliphatic carbocycles. The molecule has 8 aromatic carbocycles. The van der Waals surface area contributed by atoms with Crippen LogP contribution in [0, 0.1) is 0 Å². The van der Waals surface area contributed by atoms with Crippen molar-refractivity contribution in [2.24, 2.45) is 0 Å². The summed E-state index contributed by atoms with van der Waals surface area (Å²) in [5.74, 6) is 0.675. The number of aromatic nitrogens is 5. The maximum Gasteiger partial charge on any atom is 0.160 e. The average Bonchev–Trinajstić information content (AvgIpc) is 3.92. The largest absolute Gasteiger partial charge is 0.309 e. The predicted molar refractivity (Wildman–Crippen MR) is 255 cm³/mol. The first-order valence-corrected chi connectivity index (χ1v) is 20.9. The van der Waals surface area contributed by atoms with Crippen molar-refractivity contribution in [3.63, 3.8) is 0 Å². The lowest BCUT2D eigenvalue weighted by Crippen LogP contribution is -1.98. The van der Waals surface area contributed by atoms with Gasteiger partial charge in [0, 0.05) is 55.2 Å². The van der Waals surface area contributed by atoms with Gasteiger partial charge in [-0.25, -0.2) is 14.5 Å². The highest BCUT2D eigenvalue weighted by atomic mass is 15.2. The van der Waals surface area contributed by atoms with Crippen LogP contribution in [0.5, 0.6) is 0 Å². The van der Waals surface area contributed by atoms with Crippen LogP contribution in [0.1, 0.15) is 0 Å². The summed E-state index contributed by atoms with van der Waals surface area (Å²) in [4.78, 5) is 10.4. The molecule has 290 valence electrons. The van der Waals surface area contributed by atoms with Gasteiger partial charge in [-0.05, 0) is 59.5 Å². The van der Waals surface area contributed by atoms with Gasteiger partial charge in [0.05, 0.1) is 33.6 Å². The zero-order valence-corrected chi connectivity index (χ0v) is 33.6. The lowest BCUT2D eigenvalue weighted by molar-refractivity contribution is 0.979. The maximum absolute atomic E-state index is 5.40. The fraction of sp³-hybridized carbons (Fsp3) is 0. The van der Waals surface area contributed by atoms with Crippen LogP contribution >= 0.6 is 0 Å². The SMILES string of the molecule is c1ccc(-c2cc(-c3ccc(-c4cc5ccccc5c5c(-c6ccccc6)c(-c6ccccc6)nn45)cc3)nc(-c3ccc(-n4c5ccccc5c5ccccc54)cc3)n2)cc1. The van der Waals surface area contributed by atoms with E-state index >= 15 is 0 Å². The average molecular weight is 792 g/mol. The molecule has 0 spiro atoms. The van der Waals surface area contributed by atoms with Gasteiger partial charge < -0.3 is 4.57 Å². The third kappa shape index (κ3) is 5.98. The van der Waals surface area contributed by atoms with Crippen LogP contribution in [0.2, 0.25) is 0 Å². The molecule has 4 heterocycles. The Kier molecular flexibility index (Phi) is 8.42. The second kappa shape index (κ2) is 14.7. The molecule has 0 saturated heterocycles. The molecule has 12 aromatic rings. The Morgan fingerprint density at radius 2 is 0.839 bits per heavy atom. The van der Waals surface area contributed by atoms with Gasteiger partial charge in [0.15, 0.2) is 5.82 Å². The predicted octanol–water partition coefficient (Wildman–Crippen LogP) is 14.4. The number of hydrogen-bond acceptors (Lipinski definition) is 3. The highest BCUT2D eigenvalue weighted by Gasteiger charge is 2.22. The van der Waals surface area contributed by atoms with Gasteiger partial charge in [-0.2, -0.15) is 5.10 Å². The molecule has 0 atom stereocenters. The highest BCUT2D eigenvalue weighted by Crippen LogP contribution is 2.41. The van der Waals surface area contributed by atoms with Crippen molar-refractivity contribution in [2.45, 2.75) is 0 Å². The molecule has 5 nitrogen and oxygen atoms in total. The molecule has 0 unspecified atom stereocenters. The van der Waals surface area contributed by atoms with E-state index in [1.165, 1.54) is 21.8 Å². The van der Waals surface area contributed by atoms with Gasteiger partial charge >= 0.3 is 0 Å². The fourth-order valence-corrected chi connectivity index (χ4v) is 9.02. The Labute approximate surface area is 358 Å². The van der Waals surface area contributed by atoms with E-state index in [2.05, 4.69) is 227 Å². The Bertz CT molecular complexity index is 3540. The van der Waals surface area contributed by atoms with E-state index < -0.39 is 0 Å². The monoisotopic (exact) mass is 791 g/mol. The van der Waals surface area contributed by atoms with Crippen molar-refractivity contribution in [3.8, 4) is 73.2 Å². The van der Waals surface area contributed by atoms with Crippen LogP contribution < -0.4 is 0 Å². The summed E-state index contributed by atoms with van der Waals surface area (Å²) in [5.41, 5.74) is 15.6. The summed E-state index contributed by atoms with van der Waals surface area (Å²) in [5, 5.41) is 10.2. The second-order valence-corrected chi connectivity index (χ2v) is 15.7. The van der Waals surface area contributed by atoms with E-state index in [9.17, 15) is 0 Å². The Morgan fingerprint density at radius 3 is 1.47 bits per heavy atom. The lowest BCUT2D eigenvalue weighted by atomic mass is 9.97. The summed E-state index contributed by atoms with van der Waals surface area (Å²) in [7, 11) is 0. The number of pyridine rings is 1. The van der Waals surface area contributed by atoms with Crippen molar-refractivity contribution in [2.75, 3.05) is 0 Å². The number of fused-ring (bicyclic) bond motifs is 6. The van der Waals surface area contributed by atoms with Gasteiger partial charge in [0.1, 0.15) is 5.69 Å². The number of hydrogen-bond donors (Lipinski definition) is 0. The zero-order valence-electron chi connectivity index (χ0n) is 33.6. The van der Waals surface area contributed by atoms with Crippen LogP contribution in [0.25, 0.3) is 111 Å². The molecule has 0 saturated carbocycles. The molecule has 5 heteroatoms. The number of rotatable bonds is 7. The van der Waals surface area contributed by atoms with Crippen LogP contribution in [-0.2, 0) is 0 Å². The smallest absolute Gasteiger partial charge is 0.160 e. The molecule has 0 N–H and O–H groups in total. The van der Waals surface area contributed by atoms with E-state index in [-0.39, 0.29) is 0 Å². The van der Waals surface area contributed by atoms with E-state index in [1.807, 2.05) is 6.07 Å². The van der Waals surface area contributed by atoms with Crippen LogP contribution in [0.4, 0.5) is 0 Å². The first-order chi connectivity index (χ1) is 30.7. The number of nitrogens with zero attached hydrogens (tertiary/aromatic N) is 5. The molecule has 0 bridgehead atoms. The summed E-state index contributed by atoms with van der Waals surface area (Å²) >= 11 is 0. The summed E-state index contributed by atoms with van der Waals surface area (Å²) in [6.45, 7) is 0. The molecule has 4 aromatic heterocycles. The van der Waals surface area contributed by atoms with E-state index in [1.54, 1.807) is 0 Å². The van der Waals surface area contributed by atoms with Gasteiger partial charge in [0.2, 0.25) is 0 Å². The van der Waals surface area contributed by atoms with Crippen LogP contribution in [-0.4, -0.2) is 24.1 Å². The van der Waals surface area contributed by atoms with Crippen molar-refractivity contribution in [1.29, 1.82) is 0 Å². The normalized spacial score (nSPS) is 11.5. The fourth-order valence-electron chi connectivity index (χ4n) is 9.02. The van der Waals surface area contributed by atoms with Gasteiger partial charge in [-0.3, -0.25) is 0 Å². The number of para-hydroxylation sites is 2. The number of benzene rings is 8. The molecule has 0 aliphatic rings. The Hall–Kier alpha value is -8.41. The molecule has 0 fully saturated rings. The van der Waals surface area contributed by atoms with Gasteiger partial charge in [0.25, 0.3) is 0 Å². The third-order valence-electron chi connectivity index (χ3n) is 12.0. The molecule has 12 rings (SSSR count). The van der Waals surface area contributed by atoms with E-state index in [0.717, 1.165) is 83.7 Å². The molecular weight excluding hydrogens is 755 g/mol. The lowest BCUT2D eigenvalue weighted by Gasteiger charge is -2.12. The highest BCUT2D eigenvalue weighted by molar-refractivity contribution is 6.10. The summed E-state index contributed by atoms with van der Waals surface area (Å²) in [6.07, 6.45) is 0.